The number of carbonyl (C=O) groups is 1. The summed E-state index contributed by atoms with van der Waals surface area (Å²) in [7, 11) is 0.396. The van der Waals surface area contributed by atoms with Crippen molar-refractivity contribution in [3.8, 4) is 0 Å². The van der Waals surface area contributed by atoms with E-state index in [1.165, 1.54) is 52.6 Å². The summed E-state index contributed by atoms with van der Waals surface area (Å²) in [5, 5.41) is 11.5. The summed E-state index contributed by atoms with van der Waals surface area (Å²) < 4.78 is 23.9. The van der Waals surface area contributed by atoms with Crippen LogP contribution in [0.1, 0.15) is 10.4 Å². The van der Waals surface area contributed by atoms with Crippen LogP contribution < -0.4 is 4.90 Å². The maximum absolute atomic E-state index is 13.2. The van der Waals surface area contributed by atoms with Gasteiger partial charge in [0.1, 0.15) is 0 Å². The topological polar surface area (TPSA) is 114 Å². The molecule has 0 saturated heterocycles. The Morgan fingerprint density at radius 1 is 1.13 bits per heavy atom. The van der Waals surface area contributed by atoms with Gasteiger partial charge in [0.15, 0.2) is 15.0 Å². The molecule has 0 saturated carbocycles. The molecule has 1 aromatic heterocycles. The van der Waals surface area contributed by atoms with Gasteiger partial charge in [0, 0.05) is 37.0 Å². The van der Waals surface area contributed by atoms with Gasteiger partial charge in [-0.3, -0.25) is 19.8 Å². The van der Waals surface area contributed by atoms with Gasteiger partial charge in [0.25, 0.3) is 11.6 Å². The molecule has 3 rings (SSSR count). The smallest absolute Gasteiger partial charge is 0.270 e. The fourth-order valence-corrected chi connectivity index (χ4v) is 4.37. The normalized spacial score (nSPS) is 11.7. The molecule has 0 aliphatic rings. The molecule has 0 aliphatic carbocycles. The van der Waals surface area contributed by atoms with E-state index in [1.807, 2.05) is 19.0 Å². The summed E-state index contributed by atoms with van der Waals surface area (Å²) in [4.78, 5) is 31.8. The molecule has 0 spiro atoms. The zero-order valence-electron chi connectivity index (χ0n) is 16.6. The van der Waals surface area contributed by atoms with Gasteiger partial charge in [0.05, 0.1) is 20.0 Å². The number of likely N-dealkylation sites (N-methyl/N-ethyl adjacent to an activating group) is 1. The molecule has 2 aromatic carbocycles. The van der Waals surface area contributed by atoms with Gasteiger partial charge in [0.2, 0.25) is 0 Å². The Bertz CT molecular complexity index is 1200. The average Bonchev–Trinajstić information content (AvgIpc) is 3.10. The summed E-state index contributed by atoms with van der Waals surface area (Å²) >= 11 is 1.19. The van der Waals surface area contributed by atoms with Crippen molar-refractivity contribution in [2.45, 2.75) is 4.90 Å². The Hall–Kier alpha value is -2.89. The third-order valence-corrected chi connectivity index (χ3v) is 6.52. The molecule has 30 heavy (non-hydrogen) atoms. The maximum atomic E-state index is 13.2. The van der Waals surface area contributed by atoms with Gasteiger partial charge < -0.3 is 4.90 Å². The highest BCUT2D eigenvalue weighted by Gasteiger charge is 2.22. The van der Waals surface area contributed by atoms with Crippen LogP contribution in [-0.2, 0) is 9.84 Å². The first-order chi connectivity index (χ1) is 14.1. The number of aromatic nitrogens is 1. The molecule has 1 heterocycles. The number of nitrogens with zero attached hydrogens (tertiary/aromatic N) is 4. The maximum Gasteiger partial charge on any atom is 0.270 e. The summed E-state index contributed by atoms with van der Waals surface area (Å²) in [6.45, 7) is 0.921. The second-order valence-corrected chi connectivity index (χ2v) is 9.99. The lowest BCUT2D eigenvalue weighted by Gasteiger charge is -2.22. The van der Waals surface area contributed by atoms with Crippen molar-refractivity contribution < 1.29 is 18.1 Å². The van der Waals surface area contributed by atoms with E-state index in [0.29, 0.717) is 34.0 Å². The molecule has 1 amide bonds. The van der Waals surface area contributed by atoms with Gasteiger partial charge in [-0.05, 0) is 44.4 Å². The standard InChI is InChI=1S/C19H20N4O5S2/c1-21(2)10-11-22(18(24)13-4-7-15(8-5-13)30(3,27)28)19-20-16-9-6-14(23(25)26)12-17(16)29-19/h4-9,12H,10-11H2,1-3H3. The van der Waals surface area contributed by atoms with Crippen LogP contribution in [-0.4, -0.2) is 62.6 Å². The molecule has 11 heteroatoms. The second kappa shape index (κ2) is 8.46. The Kier molecular flexibility index (Phi) is 6.15. The highest BCUT2D eigenvalue weighted by Crippen LogP contribution is 2.32. The molecule has 3 aromatic rings. The first-order valence-electron chi connectivity index (χ1n) is 8.88. The number of thiazole rings is 1. The predicted octanol–water partition coefficient (Wildman–Crippen LogP) is 2.82. The minimum atomic E-state index is -3.36. The molecular formula is C19H20N4O5S2. The van der Waals surface area contributed by atoms with Gasteiger partial charge >= 0.3 is 0 Å². The van der Waals surface area contributed by atoms with Crippen LogP contribution in [0, 0.1) is 10.1 Å². The number of hydrogen-bond acceptors (Lipinski definition) is 8. The number of sulfone groups is 1. The fourth-order valence-electron chi connectivity index (χ4n) is 2.71. The number of carbonyl (C=O) groups excluding carboxylic acids is 1. The van der Waals surface area contributed by atoms with Crippen LogP contribution in [0.2, 0.25) is 0 Å². The van der Waals surface area contributed by atoms with E-state index in [2.05, 4.69) is 4.98 Å². The third kappa shape index (κ3) is 4.81. The van der Waals surface area contributed by atoms with E-state index in [9.17, 15) is 23.3 Å². The zero-order valence-corrected chi connectivity index (χ0v) is 18.2. The van der Waals surface area contributed by atoms with Crippen LogP contribution in [0.15, 0.2) is 47.4 Å². The minimum Gasteiger partial charge on any atom is -0.308 e. The monoisotopic (exact) mass is 448 g/mol. The molecule has 0 N–H and O–H groups in total. The predicted molar refractivity (Wildman–Crippen MR) is 116 cm³/mol. The van der Waals surface area contributed by atoms with Gasteiger partial charge in [-0.1, -0.05) is 11.3 Å². The third-order valence-electron chi connectivity index (χ3n) is 4.35. The van der Waals surface area contributed by atoms with Crippen LogP contribution in [0.4, 0.5) is 10.8 Å². The lowest BCUT2D eigenvalue weighted by Crippen LogP contribution is -2.36. The van der Waals surface area contributed by atoms with E-state index < -0.39 is 14.8 Å². The molecule has 0 radical (unpaired) electrons. The molecule has 0 fully saturated rings. The number of hydrogen-bond donors (Lipinski definition) is 0. The van der Waals surface area contributed by atoms with Crippen LogP contribution in [0.25, 0.3) is 10.2 Å². The Labute approximate surface area is 177 Å². The van der Waals surface area contributed by atoms with Crippen LogP contribution >= 0.6 is 11.3 Å². The van der Waals surface area contributed by atoms with E-state index in [-0.39, 0.29) is 16.5 Å². The van der Waals surface area contributed by atoms with Crippen molar-refractivity contribution in [2.24, 2.45) is 0 Å². The van der Waals surface area contributed by atoms with E-state index in [1.54, 1.807) is 6.07 Å². The number of non-ortho nitro benzene ring substituents is 1. The fraction of sp³-hybridized carbons (Fsp3) is 0.263. The number of rotatable bonds is 7. The Morgan fingerprint density at radius 2 is 1.80 bits per heavy atom. The molecule has 0 atom stereocenters. The van der Waals surface area contributed by atoms with Crippen molar-refractivity contribution in [3.05, 3.63) is 58.1 Å². The summed E-state index contributed by atoms with van der Waals surface area (Å²) in [6.07, 6.45) is 1.10. The van der Waals surface area contributed by atoms with Gasteiger partial charge in [-0.2, -0.15) is 0 Å². The number of fused-ring (bicyclic) bond motifs is 1. The molecule has 9 nitrogen and oxygen atoms in total. The van der Waals surface area contributed by atoms with E-state index in [4.69, 9.17) is 0 Å². The van der Waals surface area contributed by atoms with Crippen molar-refractivity contribution >= 4 is 48.1 Å². The van der Waals surface area contributed by atoms with Gasteiger partial charge in [-0.25, -0.2) is 13.4 Å². The first-order valence-corrected chi connectivity index (χ1v) is 11.6. The van der Waals surface area contributed by atoms with Crippen LogP contribution in [0.5, 0.6) is 0 Å². The SMILES string of the molecule is CN(C)CCN(C(=O)c1ccc(S(C)(=O)=O)cc1)c1nc2ccc([N+](=O)[O-])cc2s1. The number of nitro groups is 1. The zero-order chi connectivity index (χ0) is 22.1. The van der Waals surface area contributed by atoms with Crippen molar-refractivity contribution in [3.63, 3.8) is 0 Å². The van der Waals surface area contributed by atoms with E-state index in [0.717, 1.165) is 6.26 Å². The van der Waals surface area contributed by atoms with E-state index >= 15 is 0 Å². The number of nitro benzene ring substituents is 1. The average molecular weight is 449 g/mol. The number of amides is 1. The Balaban J connectivity index is 1.99. The molecular weight excluding hydrogens is 428 g/mol. The quantitative estimate of drug-likeness (QED) is 0.403. The highest BCUT2D eigenvalue weighted by atomic mass is 32.2. The van der Waals surface area contributed by atoms with Crippen molar-refractivity contribution in [1.82, 2.24) is 9.88 Å². The summed E-state index contributed by atoms with van der Waals surface area (Å²) in [5.74, 6) is -0.328. The molecule has 0 bridgehead atoms. The lowest BCUT2D eigenvalue weighted by molar-refractivity contribution is -0.384. The Morgan fingerprint density at radius 3 is 2.37 bits per heavy atom. The number of anilines is 1. The van der Waals surface area contributed by atoms with Crippen LogP contribution in [0.3, 0.4) is 0 Å². The summed E-state index contributed by atoms with van der Waals surface area (Å²) in [5.41, 5.74) is 0.849. The first kappa shape index (κ1) is 21.8. The molecule has 0 aliphatic heterocycles. The molecule has 158 valence electrons. The molecule has 0 unspecified atom stereocenters. The second-order valence-electron chi connectivity index (χ2n) is 6.96. The van der Waals surface area contributed by atoms with Crippen molar-refractivity contribution in [1.29, 1.82) is 0 Å². The van der Waals surface area contributed by atoms with Gasteiger partial charge in [-0.15, -0.1) is 0 Å². The number of benzene rings is 2. The van der Waals surface area contributed by atoms with Crippen molar-refractivity contribution in [2.75, 3.05) is 38.3 Å². The minimum absolute atomic E-state index is 0.0415. The lowest BCUT2D eigenvalue weighted by atomic mass is 10.2. The summed E-state index contributed by atoms with van der Waals surface area (Å²) in [6, 6.07) is 10.1. The highest BCUT2D eigenvalue weighted by molar-refractivity contribution is 7.90. The largest absolute Gasteiger partial charge is 0.308 e.